The molecule has 0 amide bonds. The Balaban J connectivity index is 2.11. The van der Waals surface area contributed by atoms with Crippen LogP contribution in [-0.4, -0.2) is 50.0 Å². The minimum atomic E-state index is -4.05. The van der Waals surface area contributed by atoms with Crippen molar-refractivity contribution in [3.63, 3.8) is 0 Å². The van der Waals surface area contributed by atoms with E-state index in [1.165, 1.54) is 19.2 Å². The molecule has 2 aromatic rings. The lowest BCUT2D eigenvalue weighted by atomic mass is 10.1. The summed E-state index contributed by atoms with van der Waals surface area (Å²) in [6.45, 7) is 4.34. The smallest absolute Gasteiger partial charge is 0.323 e. The Hall–Kier alpha value is -2.84. The van der Waals surface area contributed by atoms with Crippen LogP contribution in [0.5, 0.6) is 5.75 Å². The van der Waals surface area contributed by atoms with Crippen LogP contribution in [0, 0.1) is 6.92 Å². The number of nitrogens with zero attached hydrogens (tertiary/aromatic N) is 2. The fourth-order valence-corrected chi connectivity index (χ4v) is 5.12. The fourth-order valence-electron chi connectivity index (χ4n) is 3.57. The highest BCUT2D eigenvalue weighted by molar-refractivity contribution is 7.89. The monoisotopic (exact) mass is 430 g/mol. The second kappa shape index (κ2) is 8.89. The molecule has 0 spiro atoms. The highest BCUT2D eigenvalue weighted by Gasteiger charge is 2.40. The van der Waals surface area contributed by atoms with Gasteiger partial charge in [0.25, 0.3) is 0 Å². The average Bonchev–Trinajstić information content (AvgIpc) is 2.89. The maximum absolute atomic E-state index is 13.5. The summed E-state index contributed by atoms with van der Waals surface area (Å²) in [6, 6.07) is 10.5. The number of carbonyl (C=O) groups is 1. The van der Waals surface area contributed by atoms with E-state index in [2.05, 4.69) is 0 Å². The second-order valence-corrected chi connectivity index (χ2v) is 9.08. The van der Waals surface area contributed by atoms with Crippen molar-refractivity contribution in [2.24, 2.45) is 0 Å². The summed E-state index contributed by atoms with van der Waals surface area (Å²) in [6.07, 6.45) is 3.82. The standard InChI is InChI=1S/C22H26N2O5S/c1-4-5-12-23-15-21(22(25)26)24(14-17-13-16(2)6-11-20(17)23)30(27,28)19-9-7-18(29-3)8-10-19/h4-11,13,21H,12,14-15H2,1-3H3,(H,25,26)/b5-4+. The Morgan fingerprint density at radius 1 is 1.23 bits per heavy atom. The van der Waals surface area contributed by atoms with Crippen LogP contribution >= 0.6 is 0 Å². The lowest BCUT2D eigenvalue weighted by molar-refractivity contribution is -0.141. The van der Waals surface area contributed by atoms with Gasteiger partial charge in [0.05, 0.1) is 12.0 Å². The van der Waals surface area contributed by atoms with Gasteiger partial charge in [0.2, 0.25) is 10.0 Å². The van der Waals surface area contributed by atoms with Crippen molar-refractivity contribution in [3.05, 3.63) is 65.7 Å². The van der Waals surface area contributed by atoms with E-state index in [1.54, 1.807) is 12.1 Å². The predicted octanol–water partition coefficient (Wildman–Crippen LogP) is 3.04. The lowest BCUT2D eigenvalue weighted by Gasteiger charge is -2.28. The van der Waals surface area contributed by atoms with Crippen LogP contribution in [-0.2, 0) is 21.4 Å². The first kappa shape index (κ1) is 21.9. The third-order valence-corrected chi connectivity index (χ3v) is 7.02. The molecule has 7 nitrogen and oxygen atoms in total. The van der Waals surface area contributed by atoms with Gasteiger partial charge in [-0.25, -0.2) is 8.42 Å². The van der Waals surface area contributed by atoms with Gasteiger partial charge in [0.1, 0.15) is 11.8 Å². The van der Waals surface area contributed by atoms with Crippen LogP contribution in [0.3, 0.4) is 0 Å². The van der Waals surface area contributed by atoms with E-state index in [-0.39, 0.29) is 18.0 Å². The van der Waals surface area contributed by atoms with Gasteiger partial charge in [-0.2, -0.15) is 4.31 Å². The predicted molar refractivity (Wildman–Crippen MR) is 115 cm³/mol. The number of anilines is 1. The number of aryl methyl sites for hydroxylation is 1. The summed E-state index contributed by atoms with van der Waals surface area (Å²) in [4.78, 5) is 14.1. The minimum Gasteiger partial charge on any atom is -0.497 e. The molecule has 0 fully saturated rings. The SMILES string of the molecule is C/C=C/CN1CC(C(=O)O)N(S(=O)(=O)c2ccc(OC)cc2)Cc2cc(C)ccc21. The van der Waals surface area contributed by atoms with Gasteiger partial charge in [0, 0.05) is 25.3 Å². The normalized spacial score (nSPS) is 17.6. The molecule has 1 aliphatic heterocycles. The van der Waals surface area contributed by atoms with E-state index in [0.29, 0.717) is 12.3 Å². The largest absolute Gasteiger partial charge is 0.497 e. The van der Waals surface area contributed by atoms with E-state index in [4.69, 9.17) is 4.74 Å². The van der Waals surface area contributed by atoms with E-state index in [1.807, 2.05) is 49.1 Å². The fraction of sp³-hybridized carbons (Fsp3) is 0.318. The topological polar surface area (TPSA) is 87.2 Å². The van der Waals surface area contributed by atoms with Crippen molar-refractivity contribution in [2.45, 2.75) is 31.3 Å². The van der Waals surface area contributed by atoms with Gasteiger partial charge in [-0.1, -0.05) is 29.8 Å². The third-order valence-electron chi connectivity index (χ3n) is 5.16. The molecule has 0 bridgehead atoms. The van der Waals surface area contributed by atoms with Crippen LogP contribution in [0.15, 0.2) is 59.5 Å². The molecular formula is C22H26N2O5S. The van der Waals surface area contributed by atoms with Crippen molar-refractivity contribution >= 4 is 21.7 Å². The van der Waals surface area contributed by atoms with Gasteiger partial charge in [-0.05, 0) is 49.7 Å². The molecule has 1 N–H and O–H groups in total. The van der Waals surface area contributed by atoms with Crippen molar-refractivity contribution in [2.75, 3.05) is 25.1 Å². The molecule has 0 aromatic heterocycles. The summed E-state index contributed by atoms with van der Waals surface area (Å²) in [5.74, 6) is -0.653. The van der Waals surface area contributed by atoms with E-state index in [9.17, 15) is 18.3 Å². The second-order valence-electron chi connectivity index (χ2n) is 7.19. The highest BCUT2D eigenvalue weighted by Crippen LogP contribution is 2.32. The summed E-state index contributed by atoms with van der Waals surface area (Å²) >= 11 is 0. The average molecular weight is 431 g/mol. The first-order valence-electron chi connectivity index (χ1n) is 9.62. The Bertz CT molecular complexity index is 1050. The van der Waals surface area contributed by atoms with Gasteiger partial charge >= 0.3 is 5.97 Å². The summed E-state index contributed by atoms with van der Waals surface area (Å²) < 4.78 is 33.1. The molecule has 0 radical (unpaired) electrons. The number of carboxylic acids is 1. The summed E-state index contributed by atoms with van der Waals surface area (Å²) in [5, 5.41) is 9.93. The maximum Gasteiger partial charge on any atom is 0.323 e. The van der Waals surface area contributed by atoms with Crippen LogP contribution in [0.1, 0.15) is 18.1 Å². The maximum atomic E-state index is 13.5. The number of ether oxygens (including phenoxy) is 1. The van der Waals surface area contributed by atoms with Crippen molar-refractivity contribution < 1.29 is 23.1 Å². The lowest BCUT2D eigenvalue weighted by Crippen LogP contribution is -2.49. The molecule has 1 aliphatic rings. The molecule has 3 rings (SSSR count). The van der Waals surface area contributed by atoms with Gasteiger partial charge < -0.3 is 14.7 Å². The Morgan fingerprint density at radius 2 is 1.93 bits per heavy atom. The number of methoxy groups -OCH3 is 1. The molecule has 0 saturated carbocycles. The third kappa shape index (κ3) is 4.34. The number of benzene rings is 2. The molecule has 2 aromatic carbocycles. The molecule has 0 aliphatic carbocycles. The number of rotatable bonds is 6. The van der Waals surface area contributed by atoms with E-state index in [0.717, 1.165) is 21.1 Å². The summed E-state index contributed by atoms with van der Waals surface area (Å²) in [7, 11) is -2.55. The molecule has 1 heterocycles. The number of sulfonamides is 1. The summed E-state index contributed by atoms with van der Waals surface area (Å²) in [5.41, 5.74) is 2.60. The zero-order chi connectivity index (χ0) is 21.9. The Kier molecular flexibility index (Phi) is 6.48. The highest BCUT2D eigenvalue weighted by atomic mass is 32.2. The van der Waals surface area contributed by atoms with Crippen molar-refractivity contribution in [1.29, 1.82) is 0 Å². The molecule has 30 heavy (non-hydrogen) atoms. The molecule has 160 valence electrons. The molecule has 1 atom stereocenters. The number of hydrogen-bond acceptors (Lipinski definition) is 5. The first-order valence-corrected chi connectivity index (χ1v) is 11.1. The van der Waals surface area contributed by atoms with Gasteiger partial charge in [-0.3, -0.25) is 4.79 Å². The van der Waals surface area contributed by atoms with Crippen LogP contribution in [0.2, 0.25) is 0 Å². The number of hydrogen-bond donors (Lipinski definition) is 1. The number of fused-ring (bicyclic) bond motifs is 1. The minimum absolute atomic E-state index is 0.0192. The zero-order valence-electron chi connectivity index (χ0n) is 17.3. The van der Waals surface area contributed by atoms with Crippen molar-refractivity contribution in [3.8, 4) is 5.75 Å². The molecule has 0 saturated heterocycles. The number of carboxylic acid groups (broad SMARTS) is 1. The molecular weight excluding hydrogens is 404 g/mol. The van der Waals surface area contributed by atoms with E-state index < -0.39 is 22.0 Å². The quantitative estimate of drug-likeness (QED) is 0.709. The van der Waals surface area contributed by atoms with Crippen molar-refractivity contribution in [1.82, 2.24) is 4.31 Å². The van der Waals surface area contributed by atoms with Crippen LogP contribution in [0.25, 0.3) is 0 Å². The molecule has 1 unspecified atom stereocenters. The Labute approximate surface area is 177 Å². The first-order chi connectivity index (χ1) is 14.3. The van der Waals surface area contributed by atoms with E-state index >= 15 is 0 Å². The number of allylic oxidation sites excluding steroid dienone is 1. The van der Waals surface area contributed by atoms with Crippen LogP contribution < -0.4 is 9.64 Å². The molecule has 8 heteroatoms. The van der Waals surface area contributed by atoms with Gasteiger partial charge in [0.15, 0.2) is 0 Å². The van der Waals surface area contributed by atoms with Gasteiger partial charge in [-0.15, -0.1) is 0 Å². The zero-order valence-corrected chi connectivity index (χ0v) is 18.1. The Morgan fingerprint density at radius 3 is 2.53 bits per heavy atom. The van der Waals surface area contributed by atoms with Crippen LogP contribution in [0.4, 0.5) is 5.69 Å². The number of aliphatic carboxylic acids is 1.